The number of nitro groups is 2. The molecule has 3 aromatic rings. The summed E-state index contributed by atoms with van der Waals surface area (Å²) in [6, 6.07) is 16.3. The number of benzene rings is 3. The van der Waals surface area contributed by atoms with E-state index in [1.54, 1.807) is 42.5 Å². The van der Waals surface area contributed by atoms with Gasteiger partial charge in [0.2, 0.25) is 0 Å². The molecule has 6 rings (SSSR count). The van der Waals surface area contributed by atoms with Crippen LogP contribution in [0.3, 0.4) is 0 Å². The normalized spacial score (nSPS) is 17.8. The molecule has 0 radical (unpaired) electrons. The van der Waals surface area contributed by atoms with Gasteiger partial charge in [0.25, 0.3) is 17.3 Å². The van der Waals surface area contributed by atoms with Crippen molar-refractivity contribution in [3.63, 3.8) is 0 Å². The van der Waals surface area contributed by atoms with Crippen LogP contribution < -0.4 is 20.4 Å². The number of carboxylic acid groups (broad SMARTS) is 1. The van der Waals surface area contributed by atoms with Crippen molar-refractivity contribution in [2.24, 2.45) is 0 Å². The van der Waals surface area contributed by atoms with Crippen LogP contribution in [0.2, 0.25) is 0 Å². The largest absolute Gasteiger partial charge is 0.465 e. The van der Waals surface area contributed by atoms with Crippen LogP contribution in [0.5, 0.6) is 0 Å². The number of rotatable bonds is 10. The topological polar surface area (TPSA) is 204 Å². The molecule has 0 aromatic heterocycles. The second kappa shape index (κ2) is 23.2. The summed E-state index contributed by atoms with van der Waals surface area (Å²) in [4.78, 5) is 66.3. The van der Waals surface area contributed by atoms with Crippen LogP contribution in [0, 0.1) is 35.6 Å². The molecule has 66 heavy (non-hydrogen) atoms. The van der Waals surface area contributed by atoms with E-state index < -0.39 is 33.2 Å². The molecule has 356 valence electrons. The van der Waals surface area contributed by atoms with Crippen LogP contribution in [0.15, 0.2) is 60.7 Å². The third-order valence-electron chi connectivity index (χ3n) is 11.5. The standard InChI is InChI=1S/C32H41N5O5.C16H22IN3O4/c1-32(2,3)42-31(39)34-27-8-7-20-36(23-27)29-16-15-28(37(40)41)22-26(29)14-11-24-9-12-25(13-10-24)30(38)33-17-21-35-18-5-4-6-19-35;1-16(2,3)19(15(21)22)12-5-4-8-18(10-12)14-7-6-11(20(23)24)9-13(14)17/h9-10,12-13,15-16,22,27H,4-8,17-21,23H2,1-3H3,(H,33,38)(H,34,39);6-7,9,12H,4-5,8,10H2,1-3H3,(H,21,22). The lowest BCUT2D eigenvalue weighted by Gasteiger charge is -2.44. The Morgan fingerprint density at radius 2 is 1.41 bits per heavy atom. The van der Waals surface area contributed by atoms with Crippen LogP contribution in [0.4, 0.5) is 32.3 Å². The molecule has 2 atom stereocenters. The Morgan fingerprint density at radius 3 is 2.00 bits per heavy atom. The van der Waals surface area contributed by atoms with Gasteiger partial charge in [-0.1, -0.05) is 18.3 Å². The smallest absolute Gasteiger partial charge is 0.408 e. The van der Waals surface area contributed by atoms with Gasteiger partial charge in [-0.2, -0.15) is 0 Å². The minimum Gasteiger partial charge on any atom is -0.465 e. The second-order valence-corrected chi connectivity index (χ2v) is 20.0. The number of anilines is 2. The first-order chi connectivity index (χ1) is 31.2. The zero-order chi connectivity index (χ0) is 48.2. The summed E-state index contributed by atoms with van der Waals surface area (Å²) >= 11 is 2.10. The van der Waals surface area contributed by atoms with Gasteiger partial charge in [-0.15, -0.1) is 0 Å². The van der Waals surface area contributed by atoms with E-state index in [9.17, 15) is 39.7 Å². The molecule has 17 nitrogen and oxygen atoms in total. The van der Waals surface area contributed by atoms with Crippen LogP contribution in [-0.4, -0.2) is 118 Å². The number of carbonyl (C=O) groups excluding carboxylic acids is 2. The number of nitro benzene ring substituents is 2. The molecule has 3 N–H and O–H groups in total. The molecule has 3 fully saturated rings. The lowest BCUT2D eigenvalue weighted by Crippen LogP contribution is -2.57. The van der Waals surface area contributed by atoms with Crippen LogP contribution in [0.25, 0.3) is 0 Å². The Bertz CT molecular complexity index is 2260. The second-order valence-electron chi connectivity index (χ2n) is 18.8. The van der Waals surface area contributed by atoms with E-state index in [-0.39, 0.29) is 29.4 Å². The van der Waals surface area contributed by atoms with E-state index in [4.69, 9.17) is 4.74 Å². The molecule has 0 saturated carbocycles. The monoisotopic (exact) mass is 1020 g/mol. The number of likely N-dealkylation sites (tertiary alicyclic amines) is 1. The fraction of sp³-hybridized carbons (Fsp3) is 0.521. The summed E-state index contributed by atoms with van der Waals surface area (Å²) < 4.78 is 6.22. The maximum absolute atomic E-state index is 12.6. The quantitative estimate of drug-likeness (QED) is 0.0756. The van der Waals surface area contributed by atoms with Crippen LogP contribution in [0.1, 0.15) is 108 Å². The molecule has 3 aromatic carbocycles. The zero-order valence-electron chi connectivity index (χ0n) is 38.8. The van der Waals surface area contributed by atoms with Gasteiger partial charge in [0.15, 0.2) is 0 Å². The predicted octanol–water partition coefficient (Wildman–Crippen LogP) is 8.65. The summed E-state index contributed by atoms with van der Waals surface area (Å²) in [5, 5.41) is 37.9. The van der Waals surface area contributed by atoms with E-state index in [2.05, 4.69) is 59.8 Å². The number of ether oxygens (including phenoxy) is 1. The number of hydrogen-bond donors (Lipinski definition) is 3. The number of non-ortho nitro benzene ring substituents is 2. The van der Waals surface area contributed by atoms with Gasteiger partial charge in [0.1, 0.15) is 5.60 Å². The summed E-state index contributed by atoms with van der Waals surface area (Å²) in [6.07, 6.45) is 5.71. The lowest BCUT2D eigenvalue weighted by atomic mass is 9.97. The maximum Gasteiger partial charge on any atom is 0.408 e. The molecular formula is C48H63IN8O9. The number of alkyl carbamates (subject to hydrolysis) is 1. The molecule has 2 unspecified atom stereocenters. The predicted molar refractivity (Wildman–Crippen MR) is 263 cm³/mol. The fourth-order valence-corrected chi connectivity index (χ4v) is 9.34. The number of nitrogens with one attached hydrogen (secondary N) is 2. The molecule has 3 heterocycles. The molecule has 0 spiro atoms. The molecule has 3 aliphatic rings. The molecule has 0 bridgehead atoms. The van der Waals surface area contributed by atoms with Gasteiger partial charge in [0, 0.05) is 89.8 Å². The van der Waals surface area contributed by atoms with Gasteiger partial charge >= 0.3 is 12.2 Å². The number of halogens is 1. The van der Waals surface area contributed by atoms with E-state index in [1.165, 1.54) is 42.4 Å². The highest BCUT2D eigenvalue weighted by Crippen LogP contribution is 2.32. The van der Waals surface area contributed by atoms with Crippen molar-refractivity contribution >= 4 is 63.4 Å². The van der Waals surface area contributed by atoms with Gasteiger partial charge < -0.3 is 35.2 Å². The van der Waals surface area contributed by atoms with Crippen LogP contribution >= 0.6 is 22.6 Å². The highest BCUT2D eigenvalue weighted by atomic mass is 127. The Hall–Kier alpha value is -5.68. The highest BCUT2D eigenvalue weighted by molar-refractivity contribution is 14.1. The Balaban J connectivity index is 0.000000288. The first kappa shape index (κ1) is 51.3. The third-order valence-corrected chi connectivity index (χ3v) is 12.4. The fourth-order valence-electron chi connectivity index (χ4n) is 8.50. The van der Waals surface area contributed by atoms with Gasteiger partial charge in [-0.05, 0) is 152 Å². The molecule has 0 aliphatic carbocycles. The molecule has 3 aliphatic heterocycles. The number of nitrogens with zero attached hydrogens (tertiary/aromatic N) is 6. The van der Waals surface area contributed by atoms with Crippen molar-refractivity contribution in [1.82, 2.24) is 20.4 Å². The van der Waals surface area contributed by atoms with Crippen molar-refractivity contribution in [2.75, 3.05) is 62.2 Å². The Morgan fingerprint density at radius 1 is 0.803 bits per heavy atom. The maximum atomic E-state index is 12.6. The van der Waals surface area contributed by atoms with Gasteiger partial charge in [0.05, 0.1) is 32.8 Å². The number of amides is 3. The molecule has 3 amide bonds. The molecule has 18 heteroatoms. The third kappa shape index (κ3) is 15.2. The minimum atomic E-state index is -0.909. The van der Waals surface area contributed by atoms with E-state index >= 15 is 0 Å². The minimum absolute atomic E-state index is 0.0416. The van der Waals surface area contributed by atoms with E-state index in [0.717, 1.165) is 73.4 Å². The van der Waals surface area contributed by atoms with Gasteiger partial charge in [-0.25, -0.2) is 9.59 Å². The SMILES string of the molecule is CC(C)(C)N(C(=O)O)C1CCCN(c2ccc([N+](=O)[O-])cc2I)C1.CC(C)(C)OC(=O)NC1CCCN(c2ccc([N+](=O)[O-])cc2C#Cc2ccc(C(=O)NCCN3CCCCC3)cc2)C1. The Kier molecular flexibility index (Phi) is 18.0. The zero-order valence-corrected chi connectivity index (χ0v) is 41.0. The van der Waals surface area contributed by atoms with Crippen LogP contribution in [-0.2, 0) is 4.74 Å². The lowest BCUT2D eigenvalue weighted by molar-refractivity contribution is -0.385. The molecular weight excluding hydrogens is 959 g/mol. The van der Waals surface area contributed by atoms with Crippen molar-refractivity contribution < 1.29 is 34.1 Å². The highest BCUT2D eigenvalue weighted by Gasteiger charge is 2.36. The van der Waals surface area contributed by atoms with Crippen molar-refractivity contribution in [3.8, 4) is 11.8 Å². The summed E-state index contributed by atoms with van der Waals surface area (Å²) in [5.74, 6) is 6.10. The van der Waals surface area contributed by atoms with Crippen molar-refractivity contribution in [1.29, 1.82) is 0 Å². The average Bonchev–Trinajstić information content (AvgIpc) is 3.25. The first-order valence-electron chi connectivity index (χ1n) is 22.5. The molecule has 3 saturated heterocycles. The van der Waals surface area contributed by atoms with Crippen molar-refractivity contribution in [2.45, 2.75) is 110 Å². The van der Waals surface area contributed by atoms with Crippen molar-refractivity contribution in [3.05, 3.63) is 101 Å². The average molecular weight is 1020 g/mol. The Labute approximate surface area is 401 Å². The van der Waals surface area contributed by atoms with E-state index in [0.29, 0.717) is 36.3 Å². The first-order valence-corrected chi connectivity index (χ1v) is 23.6. The van der Waals surface area contributed by atoms with Gasteiger partial charge in [-0.3, -0.25) is 29.9 Å². The summed E-state index contributed by atoms with van der Waals surface area (Å²) in [6.45, 7) is 17.5. The van der Waals surface area contributed by atoms with E-state index in [1.807, 2.05) is 41.5 Å². The summed E-state index contributed by atoms with van der Waals surface area (Å²) in [5.41, 5.74) is 2.45. The number of piperidine rings is 3. The number of hydrogen-bond acceptors (Lipinski definition) is 11. The summed E-state index contributed by atoms with van der Waals surface area (Å²) in [7, 11) is 0. The number of carbonyl (C=O) groups is 3.